The third-order valence-electron chi connectivity index (χ3n) is 4.71. The predicted octanol–water partition coefficient (Wildman–Crippen LogP) is 1.14. The molecule has 3 aliphatic heterocycles. The van der Waals surface area contributed by atoms with Gasteiger partial charge in [0.25, 0.3) is 0 Å². The van der Waals surface area contributed by atoms with E-state index in [2.05, 4.69) is 11.4 Å². The summed E-state index contributed by atoms with van der Waals surface area (Å²) < 4.78 is 16.8. The summed E-state index contributed by atoms with van der Waals surface area (Å²) in [5.74, 6) is 2.03. The predicted molar refractivity (Wildman–Crippen MR) is 84.3 cm³/mol. The summed E-state index contributed by atoms with van der Waals surface area (Å²) in [5.41, 5.74) is 3.71. The fourth-order valence-corrected chi connectivity index (χ4v) is 3.52. The van der Waals surface area contributed by atoms with E-state index in [0.717, 1.165) is 44.0 Å². The Morgan fingerprint density at radius 1 is 1.13 bits per heavy atom. The van der Waals surface area contributed by atoms with Gasteiger partial charge in [-0.1, -0.05) is 0 Å². The molecule has 0 aromatic heterocycles. The van der Waals surface area contributed by atoms with Crippen molar-refractivity contribution in [1.29, 1.82) is 0 Å². The van der Waals surface area contributed by atoms with Crippen LogP contribution in [0.3, 0.4) is 0 Å². The minimum atomic E-state index is -0.00492. The minimum Gasteiger partial charge on any atom is -0.493 e. The molecular formula is C17H22N2O4. The summed E-state index contributed by atoms with van der Waals surface area (Å²) >= 11 is 0. The van der Waals surface area contributed by atoms with E-state index in [1.165, 1.54) is 16.7 Å². The topological polar surface area (TPSA) is 60.0 Å². The zero-order chi connectivity index (χ0) is 15.6. The third kappa shape index (κ3) is 2.83. The number of fused-ring (bicyclic) bond motifs is 2. The van der Waals surface area contributed by atoms with Crippen LogP contribution in [0, 0.1) is 0 Å². The summed E-state index contributed by atoms with van der Waals surface area (Å²) in [6, 6.07) is 2.12. The maximum atomic E-state index is 12.2. The molecule has 2 amide bonds. The van der Waals surface area contributed by atoms with Gasteiger partial charge in [0.15, 0.2) is 0 Å². The van der Waals surface area contributed by atoms with Crippen molar-refractivity contribution < 1.29 is 19.0 Å². The van der Waals surface area contributed by atoms with Crippen LogP contribution in [0.25, 0.3) is 0 Å². The van der Waals surface area contributed by atoms with Gasteiger partial charge >= 0.3 is 6.03 Å². The number of ether oxygens (including phenoxy) is 3. The Balaban J connectivity index is 1.42. The lowest BCUT2D eigenvalue weighted by Crippen LogP contribution is -2.46. The van der Waals surface area contributed by atoms with Crippen LogP contribution >= 0.6 is 0 Å². The molecule has 1 fully saturated rings. The Hall–Kier alpha value is -1.95. The molecule has 3 aliphatic rings. The molecule has 124 valence electrons. The maximum absolute atomic E-state index is 12.2. The van der Waals surface area contributed by atoms with Gasteiger partial charge in [-0.2, -0.15) is 0 Å². The van der Waals surface area contributed by atoms with Gasteiger partial charge in [-0.05, 0) is 12.5 Å². The Bertz CT molecular complexity index is 579. The molecule has 23 heavy (non-hydrogen) atoms. The van der Waals surface area contributed by atoms with Crippen LogP contribution in [-0.2, 0) is 24.0 Å². The van der Waals surface area contributed by atoms with Gasteiger partial charge in [0.2, 0.25) is 0 Å². The molecule has 1 N–H and O–H groups in total. The van der Waals surface area contributed by atoms with Gasteiger partial charge in [0, 0.05) is 49.2 Å². The average Bonchev–Trinajstić information content (AvgIpc) is 3.23. The van der Waals surface area contributed by atoms with Crippen molar-refractivity contribution >= 4 is 6.03 Å². The normalized spacial score (nSPS) is 18.9. The maximum Gasteiger partial charge on any atom is 0.317 e. The summed E-state index contributed by atoms with van der Waals surface area (Å²) in [7, 11) is 0. The quantitative estimate of drug-likeness (QED) is 0.908. The number of carbonyl (C=O) groups excluding carboxylic acids is 1. The first-order valence-electron chi connectivity index (χ1n) is 8.36. The number of urea groups is 1. The number of hydrogen-bond acceptors (Lipinski definition) is 4. The molecule has 0 aliphatic carbocycles. The average molecular weight is 318 g/mol. The smallest absolute Gasteiger partial charge is 0.317 e. The lowest BCUT2D eigenvalue weighted by molar-refractivity contribution is 0.0533. The van der Waals surface area contributed by atoms with Crippen molar-refractivity contribution in [2.75, 3.05) is 46.1 Å². The highest BCUT2D eigenvalue weighted by atomic mass is 16.5. The van der Waals surface area contributed by atoms with Crippen LogP contribution in [0.5, 0.6) is 11.5 Å². The molecule has 6 heteroatoms. The Morgan fingerprint density at radius 2 is 1.96 bits per heavy atom. The van der Waals surface area contributed by atoms with Crippen molar-refractivity contribution in [3.05, 3.63) is 22.8 Å². The van der Waals surface area contributed by atoms with Crippen LogP contribution in [0.15, 0.2) is 6.07 Å². The summed E-state index contributed by atoms with van der Waals surface area (Å²) in [5, 5.41) is 3.02. The Morgan fingerprint density at radius 3 is 2.83 bits per heavy atom. The second-order valence-electron chi connectivity index (χ2n) is 6.10. The van der Waals surface area contributed by atoms with E-state index in [1.807, 2.05) is 4.90 Å². The lowest BCUT2D eigenvalue weighted by atomic mass is 9.97. The van der Waals surface area contributed by atoms with E-state index in [1.54, 1.807) is 0 Å². The summed E-state index contributed by atoms with van der Waals surface area (Å²) in [4.78, 5) is 14.0. The number of nitrogens with one attached hydrogen (secondary N) is 1. The Kier molecular flexibility index (Phi) is 3.99. The van der Waals surface area contributed by atoms with Gasteiger partial charge in [-0.3, -0.25) is 0 Å². The standard InChI is InChI=1S/C17H22N2O4/c20-17(19-5-9-21-10-6-19)18-4-1-14-13-3-8-22-15(13)11-12-2-7-23-16(12)14/h11H,1-10H2,(H,18,20). The SMILES string of the molecule is O=C(NCCc1c2c(cc3c1OCC3)OCC2)N1CCOCC1. The molecule has 0 spiro atoms. The molecule has 0 bridgehead atoms. The van der Waals surface area contributed by atoms with E-state index >= 15 is 0 Å². The van der Waals surface area contributed by atoms with Gasteiger partial charge in [-0.15, -0.1) is 0 Å². The van der Waals surface area contributed by atoms with Crippen LogP contribution in [0.2, 0.25) is 0 Å². The first-order chi connectivity index (χ1) is 11.3. The van der Waals surface area contributed by atoms with Gasteiger partial charge < -0.3 is 24.4 Å². The molecule has 1 aromatic carbocycles. The monoisotopic (exact) mass is 318 g/mol. The third-order valence-corrected chi connectivity index (χ3v) is 4.71. The van der Waals surface area contributed by atoms with Gasteiger partial charge in [0.05, 0.1) is 26.4 Å². The molecule has 1 saturated heterocycles. The molecule has 3 heterocycles. The van der Waals surface area contributed by atoms with E-state index in [0.29, 0.717) is 32.8 Å². The van der Waals surface area contributed by atoms with E-state index in [4.69, 9.17) is 14.2 Å². The number of hydrogen-bond donors (Lipinski definition) is 1. The fourth-order valence-electron chi connectivity index (χ4n) is 3.52. The first kappa shape index (κ1) is 14.6. The number of amides is 2. The number of rotatable bonds is 3. The minimum absolute atomic E-state index is 0.00492. The molecule has 0 unspecified atom stereocenters. The lowest BCUT2D eigenvalue weighted by Gasteiger charge is -2.27. The van der Waals surface area contributed by atoms with Crippen LogP contribution < -0.4 is 14.8 Å². The molecule has 4 rings (SSSR count). The van der Waals surface area contributed by atoms with Crippen LogP contribution in [-0.4, -0.2) is 57.0 Å². The second kappa shape index (κ2) is 6.28. The van der Waals surface area contributed by atoms with Crippen molar-refractivity contribution in [1.82, 2.24) is 10.2 Å². The molecule has 1 aromatic rings. The van der Waals surface area contributed by atoms with Crippen molar-refractivity contribution in [2.45, 2.75) is 19.3 Å². The number of nitrogens with zero attached hydrogens (tertiary/aromatic N) is 1. The molecule has 6 nitrogen and oxygen atoms in total. The fraction of sp³-hybridized carbons (Fsp3) is 0.588. The van der Waals surface area contributed by atoms with Crippen LogP contribution in [0.4, 0.5) is 4.79 Å². The summed E-state index contributed by atoms with van der Waals surface area (Å²) in [6.07, 6.45) is 2.66. The molecular weight excluding hydrogens is 296 g/mol. The number of carbonyl (C=O) groups is 1. The highest BCUT2D eigenvalue weighted by Crippen LogP contribution is 2.40. The highest BCUT2D eigenvalue weighted by Gasteiger charge is 2.26. The molecule has 0 atom stereocenters. The van der Waals surface area contributed by atoms with E-state index in [-0.39, 0.29) is 6.03 Å². The van der Waals surface area contributed by atoms with Crippen LogP contribution in [0.1, 0.15) is 16.7 Å². The van der Waals surface area contributed by atoms with Crippen molar-refractivity contribution in [2.24, 2.45) is 0 Å². The van der Waals surface area contributed by atoms with E-state index in [9.17, 15) is 4.79 Å². The molecule has 0 radical (unpaired) electrons. The van der Waals surface area contributed by atoms with Crippen molar-refractivity contribution in [3.8, 4) is 11.5 Å². The van der Waals surface area contributed by atoms with Crippen molar-refractivity contribution in [3.63, 3.8) is 0 Å². The highest BCUT2D eigenvalue weighted by molar-refractivity contribution is 5.74. The zero-order valence-electron chi connectivity index (χ0n) is 13.2. The molecule has 0 saturated carbocycles. The zero-order valence-corrected chi connectivity index (χ0v) is 13.2. The first-order valence-corrected chi connectivity index (χ1v) is 8.36. The summed E-state index contributed by atoms with van der Waals surface area (Å²) in [6.45, 7) is 4.67. The largest absolute Gasteiger partial charge is 0.493 e. The number of benzene rings is 1. The Labute approximate surface area is 135 Å². The van der Waals surface area contributed by atoms with E-state index < -0.39 is 0 Å². The van der Waals surface area contributed by atoms with Gasteiger partial charge in [-0.25, -0.2) is 4.79 Å². The number of morpholine rings is 1. The second-order valence-corrected chi connectivity index (χ2v) is 6.10. The van der Waals surface area contributed by atoms with Gasteiger partial charge in [0.1, 0.15) is 11.5 Å².